The van der Waals surface area contributed by atoms with Crippen molar-refractivity contribution in [2.45, 2.75) is 45.2 Å². The van der Waals surface area contributed by atoms with E-state index in [0.717, 1.165) is 23.7 Å². The van der Waals surface area contributed by atoms with Gasteiger partial charge in [0.15, 0.2) is 0 Å². The third kappa shape index (κ3) is 0.900. The van der Waals surface area contributed by atoms with Gasteiger partial charge in [-0.2, -0.15) is 12.8 Å². The Morgan fingerprint density at radius 1 is 1.06 bits per heavy atom. The van der Waals surface area contributed by atoms with Crippen molar-refractivity contribution in [1.82, 2.24) is 0 Å². The van der Waals surface area contributed by atoms with Crippen molar-refractivity contribution in [1.29, 1.82) is 0 Å². The van der Waals surface area contributed by atoms with Crippen LogP contribution in [-0.4, -0.2) is 5.67 Å². The van der Waals surface area contributed by atoms with Crippen molar-refractivity contribution in [2.24, 2.45) is 35.5 Å². The SMILES string of the molecule is C[C-]1C2CC(C3C4CCC(C4)C23)C1(C)F.[Rf].[Rf]. The third-order valence-electron chi connectivity index (χ3n) is 6.51. The molecular formula is C14H20FRf2-. The van der Waals surface area contributed by atoms with Gasteiger partial charge in [-0.1, -0.05) is 19.3 Å². The summed E-state index contributed by atoms with van der Waals surface area (Å²) < 4.78 is 14.6. The van der Waals surface area contributed by atoms with E-state index in [1.54, 1.807) is 0 Å². The van der Waals surface area contributed by atoms with Gasteiger partial charge in [-0.15, -0.1) is 0 Å². The molecule has 4 aliphatic rings. The largest absolute Gasteiger partial charge is 0.279 e. The Kier molecular flexibility index (Phi) is 1.87. The molecule has 0 spiro atoms. The van der Waals surface area contributed by atoms with Crippen LogP contribution in [0.4, 0.5) is 4.39 Å². The smallest absolute Gasteiger partial charge is 0 e. The van der Waals surface area contributed by atoms with Gasteiger partial charge in [-0.05, 0) is 48.6 Å². The zero-order chi connectivity index (χ0) is 10.4. The molecule has 0 amide bonds. The Morgan fingerprint density at radius 2 is 1.65 bits per heavy atom. The molecule has 0 aromatic heterocycles. The molecule has 0 N–H and O–H groups in total. The van der Waals surface area contributed by atoms with Gasteiger partial charge >= 0.3 is 0 Å². The molecule has 4 rings (SSSR count). The van der Waals surface area contributed by atoms with Gasteiger partial charge in [0, 0.05) is 0 Å². The first kappa shape index (κ1) is 11.4. The van der Waals surface area contributed by atoms with Crippen molar-refractivity contribution in [3.63, 3.8) is 0 Å². The first-order valence-corrected chi connectivity index (χ1v) is 6.63. The number of fused-ring (bicyclic) bond motifs is 9. The maximum absolute atomic E-state index is 14.6. The molecule has 0 saturated heterocycles. The van der Waals surface area contributed by atoms with Gasteiger partial charge in [0.05, 0.1) is 0 Å². The predicted molar refractivity (Wildman–Crippen MR) is 57.8 cm³/mol. The number of rotatable bonds is 0. The second kappa shape index (κ2) is 2.78. The van der Waals surface area contributed by atoms with E-state index in [1.165, 1.54) is 31.6 Å². The second-order valence-corrected chi connectivity index (χ2v) is 6.70. The van der Waals surface area contributed by atoms with Crippen LogP contribution in [0.1, 0.15) is 39.5 Å². The Hall–Kier alpha value is -2.07. The minimum Gasteiger partial charge on any atom is -0.279 e. The van der Waals surface area contributed by atoms with Crippen LogP contribution in [0.2, 0.25) is 0 Å². The first-order valence-electron chi connectivity index (χ1n) is 6.63. The van der Waals surface area contributed by atoms with Gasteiger partial charge in [-0.3, -0.25) is 10.3 Å². The Balaban J connectivity index is 0.000000540. The van der Waals surface area contributed by atoms with Gasteiger partial charge in [0.1, 0.15) is 0 Å². The van der Waals surface area contributed by atoms with Crippen LogP contribution >= 0.6 is 0 Å². The second-order valence-electron chi connectivity index (χ2n) is 6.70. The monoisotopic (exact) mass is 741 g/mol. The number of alkyl halides is 1. The molecule has 4 saturated carbocycles. The summed E-state index contributed by atoms with van der Waals surface area (Å²) in [6, 6.07) is 0. The van der Waals surface area contributed by atoms with Crippen molar-refractivity contribution >= 4 is 0 Å². The molecule has 3 heteroatoms. The van der Waals surface area contributed by atoms with E-state index < -0.39 is 5.67 Å². The van der Waals surface area contributed by atoms with Crippen molar-refractivity contribution in [2.75, 3.05) is 0 Å². The molecule has 7 atom stereocenters. The van der Waals surface area contributed by atoms with Crippen LogP contribution in [0.5, 0.6) is 0 Å². The minimum atomic E-state index is -0.920. The van der Waals surface area contributed by atoms with E-state index in [4.69, 9.17) is 0 Å². The molecule has 7 unspecified atom stereocenters. The Bertz CT molecular complexity index is 317. The fourth-order valence-electron chi connectivity index (χ4n) is 5.86. The summed E-state index contributed by atoms with van der Waals surface area (Å²) in [6.07, 6.45) is 5.47. The summed E-state index contributed by atoms with van der Waals surface area (Å²) >= 11 is 0. The zero-order valence-corrected chi connectivity index (χ0v) is 23.9. The molecule has 0 aliphatic heterocycles. The normalized spacial score (nSPS) is 58.8. The molecule has 4 aliphatic carbocycles. The molecule has 0 aromatic carbocycles. The summed E-state index contributed by atoms with van der Waals surface area (Å²) in [5, 5.41) is 0. The molecule has 0 nitrogen and oxygen atoms in total. The summed E-state index contributed by atoms with van der Waals surface area (Å²) in [4.78, 5) is 0. The summed E-state index contributed by atoms with van der Waals surface area (Å²) in [5.41, 5.74) is -0.920. The van der Waals surface area contributed by atoms with E-state index >= 15 is 0 Å². The van der Waals surface area contributed by atoms with Gasteiger partial charge < -0.3 is 0 Å². The Morgan fingerprint density at radius 3 is 2.29 bits per heavy atom. The Labute approximate surface area is 91.6 Å². The van der Waals surface area contributed by atoms with Crippen molar-refractivity contribution in [3.8, 4) is 0 Å². The minimum absolute atomic E-state index is 0. The molecule has 0 radical (unpaired) electrons. The summed E-state index contributed by atoms with van der Waals surface area (Å²) in [6.45, 7) is 3.95. The topological polar surface area (TPSA) is 0 Å². The van der Waals surface area contributed by atoms with Crippen LogP contribution in [-0.2, 0) is 0 Å². The molecule has 17 heavy (non-hydrogen) atoms. The van der Waals surface area contributed by atoms with Gasteiger partial charge in [0.25, 0.3) is 0 Å². The summed E-state index contributed by atoms with van der Waals surface area (Å²) in [7, 11) is 0. The molecule has 4 bridgehead atoms. The summed E-state index contributed by atoms with van der Waals surface area (Å²) in [5.74, 6) is 5.79. The van der Waals surface area contributed by atoms with Crippen LogP contribution in [0, 0.1) is 41.4 Å². The quantitative estimate of drug-likeness (QED) is 0.263. The molecule has 0 heterocycles. The van der Waals surface area contributed by atoms with E-state index in [9.17, 15) is 4.39 Å². The fraction of sp³-hybridized carbons (Fsp3) is 0.929. The van der Waals surface area contributed by atoms with E-state index in [-0.39, 0.29) is 0 Å². The number of hydrogen-bond acceptors (Lipinski definition) is 0. The molecule has 88 valence electrons. The molecule has 0 aromatic rings. The van der Waals surface area contributed by atoms with Gasteiger partial charge in [-0.25, -0.2) is 0 Å². The van der Waals surface area contributed by atoms with Crippen LogP contribution in [0.25, 0.3) is 0 Å². The van der Waals surface area contributed by atoms with Crippen LogP contribution < -0.4 is 0 Å². The van der Waals surface area contributed by atoms with E-state index in [0.29, 0.717) is 11.8 Å². The van der Waals surface area contributed by atoms with Gasteiger partial charge in [0.2, 0.25) is 0 Å². The van der Waals surface area contributed by atoms with Crippen molar-refractivity contribution < 1.29 is 4.39 Å². The average Bonchev–Trinajstić information content (AvgIpc) is 2.88. The van der Waals surface area contributed by atoms with Crippen LogP contribution in [0.15, 0.2) is 0 Å². The standard InChI is InChI=1S/C14H20F.2Rf/c1-7-10-6-11(14(7,2)15)13-9-4-3-8(5-9)12(10)13;;/h8-13H,3-6H2,1-2H3;;/q-1;;. The van der Waals surface area contributed by atoms with Crippen LogP contribution in [0.3, 0.4) is 0 Å². The maximum Gasteiger partial charge on any atom is 0 e. The maximum atomic E-state index is 14.6. The zero-order valence-electron chi connectivity index (χ0n) is 11.1. The van der Waals surface area contributed by atoms with Crippen molar-refractivity contribution in [3.05, 3.63) is 5.92 Å². The van der Waals surface area contributed by atoms with E-state index in [1.807, 2.05) is 6.92 Å². The average molecular weight is 741 g/mol. The molecular weight excluding hydrogens is 721 g/mol. The van der Waals surface area contributed by atoms with E-state index in [2.05, 4.69) is 6.92 Å². The fourth-order valence-corrected chi connectivity index (χ4v) is 5.86. The molecule has 4 fully saturated rings. The predicted octanol–water partition coefficient (Wildman–Crippen LogP) is 3.62. The number of hydrogen-bond donors (Lipinski definition) is 0. The third-order valence-corrected chi connectivity index (χ3v) is 6.51. The first-order chi connectivity index (χ1) is 7.10. The number of halogens is 1.